The first-order chi connectivity index (χ1) is 11.7. The van der Waals surface area contributed by atoms with Gasteiger partial charge in [0.05, 0.1) is 12.2 Å². The number of hydrogen-bond acceptors (Lipinski definition) is 4. The van der Waals surface area contributed by atoms with Crippen molar-refractivity contribution in [2.45, 2.75) is 13.0 Å². The first-order valence-electron chi connectivity index (χ1n) is 7.88. The second kappa shape index (κ2) is 7.27. The molecule has 0 spiro atoms. The number of nitrogens with zero attached hydrogens (tertiary/aromatic N) is 4. The van der Waals surface area contributed by atoms with Crippen molar-refractivity contribution >= 4 is 16.8 Å². The van der Waals surface area contributed by atoms with Crippen LogP contribution >= 0.6 is 0 Å². The highest BCUT2D eigenvalue weighted by atomic mass is 16.5. The van der Waals surface area contributed by atoms with E-state index in [-0.39, 0.29) is 5.91 Å². The molecule has 0 unspecified atom stereocenters. The molecule has 0 aliphatic rings. The zero-order valence-electron chi connectivity index (χ0n) is 13.9. The number of carbonyl (C=O) groups is 1. The Balaban J connectivity index is 1.62. The summed E-state index contributed by atoms with van der Waals surface area (Å²) < 4.78 is 8.97. The lowest BCUT2D eigenvalue weighted by atomic mass is 10.1. The number of nitrogens with one attached hydrogen (secondary N) is 1. The van der Waals surface area contributed by atoms with Crippen molar-refractivity contribution in [1.82, 2.24) is 24.6 Å². The van der Waals surface area contributed by atoms with Crippen LogP contribution in [0.25, 0.3) is 10.9 Å². The van der Waals surface area contributed by atoms with Crippen LogP contribution in [0.1, 0.15) is 16.2 Å². The number of amides is 1. The lowest BCUT2D eigenvalue weighted by molar-refractivity contribution is 0.0955. The fraction of sp³-hybridized carbons (Fsp3) is 0.353. The minimum atomic E-state index is -0.0743. The standard InChI is InChI=1S/C17H21N5O2/c1-21-11-14(13-5-3-4-6-15(13)21)17(23)18-8-7-16-20-19-12-22(16)9-10-24-2/h3-6,11-12H,7-10H2,1-2H3,(H,18,23). The Morgan fingerprint density at radius 1 is 1.33 bits per heavy atom. The molecular formula is C17H21N5O2. The normalized spacial score (nSPS) is 11.1. The van der Waals surface area contributed by atoms with Gasteiger partial charge in [-0.05, 0) is 6.07 Å². The number of carbonyl (C=O) groups excluding carboxylic acids is 1. The first-order valence-corrected chi connectivity index (χ1v) is 7.88. The van der Waals surface area contributed by atoms with Gasteiger partial charge >= 0.3 is 0 Å². The summed E-state index contributed by atoms with van der Waals surface area (Å²) >= 11 is 0. The Morgan fingerprint density at radius 3 is 3.00 bits per heavy atom. The summed E-state index contributed by atoms with van der Waals surface area (Å²) in [6.07, 6.45) is 4.17. The van der Waals surface area contributed by atoms with Crippen LogP contribution in [0.3, 0.4) is 0 Å². The molecule has 0 aliphatic carbocycles. The summed E-state index contributed by atoms with van der Waals surface area (Å²) in [6, 6.07) is 7.88. The molecule has 1 amide bonds. The molecule has 3 aromatic rings. The van der Waals surface area contributed by atoms with Gasteiger partial charge in [0.25, 0.3) is 5.91 Å². The second-order valence-corrected chi connectivity index (χ2v) is 5.61. The molecule has 0 aliphatic heterocycles. The summed E-state index contributed by atoms with van der Waals surface area (Å²) in [5.41, 5.74) is 1.73. The molecule has 126 valence electrons. The van der Waals surface area contributed by atoms with E-state index in [1.807, 2.05) is 46.6 Å². The Hall–Kier alpha value is -2.67. The number of hydrogen-bond donors (Lipinski definition) is 1. The van der Waals surface area contributed by atoms with Crippen molar-refractivity contribution < 1.29 is 9.53 Å². The predicted octanol–water partition coefficient (Wildman–Crippen LogP) is 1.39. The summed E-state index contributed by atoms with van der Waals surface area (Å²) in [5.74, 6) is 0.764. The van der Waals surface area contributed by atoms with E-state index in [1.54, 1.807) is 13.4 Å². The number of methoxy groups -OCH3 is 1. The van der Waals surface area contributed by atoms with E-state index in [4.69, 9.17) is 4.74 Å². The summed E-state index contributed by atoms with van der Waals surface area (Å²) in [5, 5.41) is 11.9. The van der Waals surface area contributed by atoms with Crippen molar-refractivity contribution in [1.29, 1.82) is 0 Å². The quantitative estimate of drug-likeness (QED) is 0.712. The van der Waals surface area contributed by atoms with E-state index in [0.29, 0.717) is 31.7 Å². The van der Waals surface area contributed by atoms with Gasteiger partial charge in [0.1, 0.15) is 12.2 Å². The number of benzene rings is 1. The Bertz CT molecular complexity index is 836. The fourth-order valence-corrected chi connectivity index (χ4v) is 2.75. The van der Waals surface area contributed by atoms with Crippen LogP contribution in [0.4, 0.5) is 0 Å². The average molecular weight is 327 g/mol. The van der Waals surface area contributed by atoms with Gasteiger partial charge in [0.2, 0.25) is 0 Å². The molecule has 7 nitrogen and oxygen atoms in total. The molecule has 1 aromatic carbocycles. The summed E-state index contributed by atoms with van der Waals surface area (Å²) in [7, 11) is 3.60. The van der Waals surface area contributed by atoms with Crippen molar-refractivity contribution in [3.8, 4) is 0 Å². The number of rotatable bonds is 7. The summed E-state index contributed by atoms with van der Waals surface area (Å²) in [4.78, 5) is 12.5. The van der Waals surface area contributed by atoms with Crippen LogP contribution in [0, 0.1) is 0 Å². The maximum absolute atomic E-state index is 12.5. The van der Waals surface area contributed by atoms with E-state index in [0.717, 1.165) is 16.7 Å². The lowest BCUT2D eigenvalue weighted by Crippen LogP contribution is -2.26. The molecule has 0 fully saturated rings. The molecular weight excluding hydrogens is 306 g/mol. The fourth-order valence-electron chi connectivity index (χ4n) is 2.75. The van der Waals surface area contributed by atoms with Crippen molar-refractivity contribution in [3.05, 3.63) is 48.2 Å². The molecule has 0 saturated carbocycles. The van der Waals surface area contributed by atoms with Crippen LogP contribution in [-0.2, 0) is 24.8 Å². The van der Waals surface area contributed by atoms with Gasteiger partial charge in [-0.2, -0.15) is 0 Å². The van der Waals surface area contributed by atoms with Gasteiger partial charge in [0.15, 0.2) is 0 Å². The number of aryl methyl sites for hydroxylation is 1. The zero-order chi connectivity index (χ0) is 16.9. The van der Waals surface area contributed by atoms with E-state index < -0.39 is 0 Å². The third-order valence-corrected chi connectivity index (χ3v) is 4.01. The highest BCUT2D eigenvalue weighted by molar-refractivity contribution is 6.06. The smallest absolute Gasteiger partial charge is 0.253 e. The van der Waals surface area contributed by atoms with E-state index >= 15 is 0 Å². The second-order valence-electron chi connectivity index (χ2n) is 5.61. The minimum Gasteiger partial charge on any atom is -0.383 e. The van der Waals surface area contributed by atoms with Crippen LogP contribution in [0.5, 0.6) is 0 Å². The Labute approximate surface area is 140 Å². The van der Waals surface area contributed by atoms with Crippen molar-refractivity contribution in [2.24, 2.45) is 7.05 Å². The van der Waals surface area contributed by atoms with Gasteiger partial charge < -0.3 is 19.2 Å². The van der Waals surface area contributed by atoms with Gasteiger partial charge in [-0.1, -0.05) is 18.2 Å². The van der Waals surface area contributed by atoms with Crippen LogP contribution in [-0.4, -0.2) is 45.5 Å². The maximum Gasteiger partial charge on any atom is 0.253 e. The van der Waals surface area contributed by atoms with Crippen LogP contribution in [0.15, 0.2) is 36.8 Å². The minimum absolute atomic E-state index is 0.0743. The molecule has 0 bridgehead atoms. The number of ether oxygens (including phenoxy) is 1. The van der Waals surface area contributed by atoms with Crippen LogP contribution < -0.4 is 5.32 Å². The maximum atomic E-state index is 12.5. The molecule has 0 radical (unpaired) electrons. The monoisotopic (exact) mass is 327 g/mol. The molecule has 24 heavy (non-hydrogen) atoms. The van der Waals surface area contributed by atoms with Crippen molar-refractivity contribution in [3.63, 3.8) is 0 Å². The Kier molecular flexibility index (Phi) is 4.90. The predicted molar refractivity (Wildman–Crippen MR) is 90.9 cm³/mol. The Morgan fingerprint density at radius 2 is 2.17 bits per heavy atom. The highest BCUT2D eigenvalue weighted by Crippen LogP contribution is 2.19. The largest absolute Gasteiger partial charge is 0.383 e. The van der Waals surface area contributed by atoms with E-state index in [1.165, 1.54) is 0 Å². The lowest BCUT2D eigenvalue weighted by Gasteiger charge is -2.07. The molecule has 0 atom stereocenters. The van der Waals surface area contributed by atoms with Gasteiger partial charge in [-0.15, -0.1) is 10.2 Å². The van der Waals surface area contributed by atoms with Gasteiger partial charge in [-0.3, -0.25) is 4.79 Å². The molecule has 2 aromatic heterocycles. The molecule has 2 heterocycles. The van der Waals surface area contributed by atoms with Gasteiger partial charge in [-0.25, -0.2) is 0 Å². The van der Waals surface area contributed by atoms with Gasteiger partial charge in [0, 0.05) is 50.8 Å². The van der Waals surface area contributed by atoms with Crippen molar-refractivity contribution in [2.75, 3.05) is 20.3 Å². The number of fused-ring (bicyclic) bond motifs is 1. The summed E-state index contributed by atoms with van der Waals surface area (Å²) in [6.45, 7) is 1.82. The van der Waals surface area contributed by atoms with E-state index in [2.05, 4.69) is 15.5 Å². The first kappa shape index (κ1) is 16.2. The molecule has 3 rings (SSSR count). The topological polar surface area (TPSA) is 74.0 Å². The number of aromatic nitrogens is 4. The third kappa shape index (κ3) is 3.30. The molecule has 0 saturated heterocycles. The van der Waals surface area contributed by atoms with E-state index in [9.17, 15) is 4.79 Å². The van der Waals surface area contributed by atoms with Crippen LogP contribution in [0.2, 0.25) is 0 Å². The molecule has 1 N–H and O–H groups in total. The zero-order valence-corrected chi connectivity index (χ0v) is 13.9. The number of para-hydroxylation sites is 1. The third-order valence-electron chi connectivity index (χ3n) is 4.01. The average Bonchev–Trinajstić information content (AvgIpc) is 3.18. The highest BCUT2D eigenvalue weighted by Gasteiger charge is 2.13. The molecule has 7 heteroatoms. The SMILES string of the molecule is COCCn1cnnc1CCNC(=O)c1cn(C)c2ccccc12.